The molecule has 58 heavy (non-hydrogen) atoms. The fourth-order valence-electron chi connectivity index (χ4n) is 6.16. The molecule has 0 saturated carbocycles. The van der Waals surface area contributed by atoms with E-state index in [0.29, 0.717) is 50.0 Å². The Balaban J connectivity index is 0.000000227. The second kappa shape index (κ2) is 16.2. The van der Waals surface area contributed by atoms with E-state index in [-0.39, 0.29) is 27.8 Å². The van der Waals surface area contributed by atoms with Gasteiger partial charge in [-0.05, 0) is 71.3 Å². The van der Waals surface area contributed by atoms with Gasteiger partial charge in [-0.3, -0.25) is 4.79 Å². The van der Waals surface area contributed by atoms with Crippen molar-refractivity contribution >= 4 is 56.6 Å². The lowest BCUT2D eigenvalue weighted by molar-refractivity contribution is -0.143. The van der Waals surface area contributed by atoms with Crippen LogP contribution >= 0.6 is 23.2 Å². The van der Waals surface area contributed by atoms with Crippen LogP contribution in [0.1, 0.15) is 37.8 Å². The second-order valence-corrected chi connectivity index (χ2v) is 13.6. The van der Waals surface area contributed by atoms with Gasteiger partial charge in [0, 0.05) is 45.5 Å². The molecule has 0 fully saturated rings. The molecule has 0 bridgehead atoms. The Kier molecular flexibility index (Phi) is 11.5. The van der Waals surface area contributed by atoms with Crippen molar-refractivity contribution in [3.63, 3.8) is 0 Å². The van der Waals surface area contributed by atoms with Gasteiger partial charge in [-0.1, -0.05) is 83.9 Å². The molecule has 0 aliphatic carbocycles. The van der Waals surface area contributed by atoms with E-state index in [4.69, 9.17) is 32.0 Å². The molecule has 0 unspecified atom stereocenters. The van der Waals surface area contributed by atoms with Crippen LogP contribution in [0.5, 0.6) is 0 Å². The first-order valence-electron chi connectivity index (χ1n) is 16.7. The highest BCUT2D eigenvalue weighted by molar-refractivity contribution is 6.32. The van der Waals surface area contributed by atoms with Crippen LogP contribution in [0.3, 0.4) is 0 Å². The maximum Gasteiger partial charge on any atom is 0.416 e. The fraction of sp³-hybridized carbons (Fsp3) is 0.0952. The van der Waals surface area contributed by atoms with Gasteiger partial charge in [0.1, 0.15) is 0 Å². The van der Waals surface area contributed by atoms with Gasteiger partial charge in [-0.2, -0.15) is 26.3 Å². The number of benzene rings is 5. The number of rotatable bonds is 6. The van der Waals surface area contributed by atoms with Crippen LogP contribution in [0, 0.1) is 0 Å². The Morgan fingerprint density at radius 2 is 1.02 bits per heavy atom. The van der Waals surface area contributed by atoms with E-state index in [2.05, 4.69) is 0 Å². The van der Waals surface area contributed by atoms with Crippen LogP contribution in [0.4, 0.5) is 26.3 Å². The molecule has 16 heteroatoms. The van der Waals surface area contributed by atoms with E-state index in [1.807, 2.05) is 6.07 Å². The minimum atomic E-state index is -5.04. The highest BCUT2D eigenvalue weighted by Gasteiger charge is 2.37. The summed E-state index contributed by atoms with van der Waals surface area (Å²) >= 11 is 12.1. The summed E-state index contributed by atoms with van der Waals surface area (Å²) < 4.78 is 89.8. The van der Waals surface area contributed by atoms with Crippen LogP contribution in [0.25, 0.3) is 43.8 Å². The van der Waals surface area contributed by atoms with E-state index in [0.717, 1.165) is 4.90 Å². The normalized spacial score (nSPS) is 11.6. The van der Waals surface area contributed by atoms with Crippen LogP contribution in [-0.4, -0.2) is 28.9 Å². The van der Waals surface area contributed by atoms with Crippen LogP contribution in [0.2, 0.25) is 10.0 Å². The third-order valence-corrected chi connectivity index (χ3v) is 9.18. The summed E-state index contributed by atoms with van der Waals surface area (Å²) in [6.07, 6.45) is -10.1. The average Bonchev–Trinajstić information content (AvgIpc) is 3.17. The fourth-order valence-corrected chi connectivity index (χ4v) is 6.50. The predicted octanol–water partition coefficient (Wildman–Crippen LogP) is 11.2. The molecule has 0 aliphatic rings. The molecule has 296 valence electrons. The van der Waals surface area contributed by atoms with Gasteiger partial charge in [0.25, 0.3) is 5.91 Å². The number of halogens is 8. The first-order chi connectivity index (χ1) is 27.3. The standard InChI is InChI=1S/C26H16ClF6NO3.C16H9ClO4/c1-34(13-14-9-16(25(28,29)30)11-17(10-14)26(31,32)33)23(35)22-21(15-5-3-2-4-6-15)20-12-18(27)7-8-19(20)24(36)37-22;17-10-6-7-11-12(8-10)13(9-4-2-1-3-5-9)14(15(18)19)21-16(11)20/h2-12H,13H2,1H3;1-8H,(H,18,19). The monoisotopic (exact) mass is 839 g/mol. The first-order valence-corrected chi connectivity index (χ1v) is 17.5. The van der Waals surface area contributed by atoms with E-state index in [1.165, 1.54) is 31.3 Å². The molecule has 1 N–H and O–H groups in total. The Hall–Kier alpha value is -6.38. The minimum Gasteiger partial charge on any atom is -0.475 e. The van der Waals surface area contributed by atoms with Crippen molar-refractivity contribution < 1.29 is 49.9 Å². The molecule has 0 aliphatic heterocycles. The number of hydrogen-bond acceptors (Lipinski definition) is 6. The van der Waals surface area contributed by atoms with E-state index >= 15 is 0 Å². The third kappa shape index (κ3) is 8.77. The van der Waals surface area contributed by atoms with Crippen molar-refractivity contribution in [2.45, 2.75) is 18.9 Å². The van der Waals surface area contributed by atoms with Crippen LogP contribution in [0.15, 0.2) is 134 Å². The lowest BCUT2D eigenvalue weighted by Crippen LogP contribution is -2.28. The number of carbonyl (C=O) groups excluding carboxylic acids is 1. The Bertz CT molecular complexity index is 2790. The lowest BCUT2D eigenvalue weighted by Gasteiger charge is -2.21. The molecule has 0 spiro atoms. The number of hydrogen-bond donors (Lipinski definition) is 1. The highest BCUT2D eigenvalue weighted by atomic mass is 35.5. The minimum absolute atomic E-state index is 0.00490. The molecule has 2 aromatic heterocycles. The second-order valence-electron chi connectivity index (χ2n) is 12.7. The third-order valence-electron chi connectivity index (χ3n) is 8.71. The van der Waals surface area contributed by atoms with Crippen molar-refractivity contribution in [3.8, 4) is 22.3 Å². The molecule has 0 saturated heterocycles. The van der Waals surface area contributed by atoms with Crippen LogP contribution < -0.4 is 11.3 Å². The molecule has 0 radical (unpaired) electrons. The van der Waals surface area contributed by atoms with Gasteiger partial charge in [0.05, 0.1) is 21.9 Å². The van der Waals surface area contributed by atoms with Crippen molar-refractivity contribution in [3.05, 3.63) is 174 Å². The highest BCUT2D eigenvalue weighted by Crippen LogP contribution is 2.38. The first kappa shape index (κ1) is 41.3. The van der Waals surface area contributed by atoms with Gasteiger partial charge < -0.3 is 18.8 Å². The number of carbonyl (C=O) groups is 2. The molecule has 2 heterocycles. The summed E-state index contributed by atoms with van der Waals surface area (Å²) in [4.78, 5) is 50.3. The Labute approximate surface area is 333 Å². The maximum absolute atomic E-state index is 13.4. The summed E-state index contributed by atoms with van der Waals surface area (Å²) in [5.41, 5.74) is -3.30. The molecular formula is C42H25Cl2F6NO7. The molecule has 7 aromatic rings. The number of fused-ring (bicyclic) bond motifs is 2. The number of alkyl halides is 6. The van der Waals surface area contributed by atoms with E-state index in [1.54, 1.807) is 66.7 Å². The SMILES string of the molecule is CN(Cc1cc(C(F)(F)F)cc(C(F)(F)F)c1)C(=O)c1oc(=O)c2ccc(Cl)cc2c1-c1ccccc1.O=C(O)c1oc(=O)c2ccc(Cl)cc2c1-c1ccccc1. The van der Waals surface area contributed by atoms with Gasteiger partial charge >= 0.3 is 29.6 Å². The molecule has 1 amide bonds. The van der Waals surface area contributed by atoms with Gasteiger partial charge in [-0.15, -0.1) is 0 Å². The number of carboxylic acid groups (broad SMARTS) is 1. The smallest absolute Gasteiger partial charge is 0.416 e. The molecule has 0 atom stereocenters. The summed E-state index contributed by atoms with van der Waals surface area (Å²) in [6, 6.07) is 27.4. The van der Waals surface area contributed by atoms with Gasteiger partial charge in [-0.25, -0.2) is 14.4 Å². The zero-order valence-electron chi connectivity index (χ0n) is 29.5. The van der Waals surface area contributed by atoms with Crippen LogP contribution in [-0.2, 0) is 18.9 Å². The molecule has 7 rings (SSSR count). The van der Waals surface area contributed by atoms with E-state index in [9.17, 15) is 50.6 Å². The summed E-state index contributed by atoms with van der Waals surface area (Å²) in [5.74, 6) is -3.05. The van der Waals surface area contributed by atoms with Crippen molar-refractivity contribution in [2.24, 2.45) is 0 Å². The number of nitrogens with zero attached hydrogens (tertiary/aromatic N) is 1. The van der Waals surface area contributed by atoms with Crippen molar-refractivity contribution in [2.75, 3.05) is 7.05 Å². The number of amides is 1. The summed E-state index contributed by atoms with van der Waals surface area (Å²) in [5, 5.41) is 11.2. The topological polar surface area (TPSA) is 118 Å². The average molecular weight is 841 g/mol. The summed E-state index contributed by atoms with van der Waals surface area (Å²) in [7, 11) is 1.17. The largest absolute Gasteiger partial charge is 0.475 e. The zero-order chi connectivity index (χ0) is 42.1. The number of carboxylic acids is 1. The van der Waals surface area contributed by atoms with Gasteiger partial charge in [0.2, 0.25) is 11.5 Å². The maximum atomic E-state index is 13.4. The quantitative estimate of drug-likeness (QED) is 0.166. The van der Waals surface area contributed by atoms with Crippen molar-refractivity contribution in [1.82, 2.24) is 4.90 Å². The molecule has 5 aromatic carbocycles. The van der Waals surface area contributed by atoms with Crippen molar-refractivity contribution in [1.29, 1.82) is 0 Å². The lowest BCUT2D eigenvalue weighted by atomic mass is 9.97. The molecular weight excluding hydrogens is 815 g/mol. The Morgan fingerprint density at radius 3 is 1.43 bits per heavy atom. The zero-order valence-corrected chi connectivity index (χ0v) is 31.1. The molecule has 8 nitrogen and oxygen atoms in total. The summed E-state index contributed by atoms with van der Waals surface area (Å²) in [6.45, 7) is -0.628. The Morgan fingerprint density at radius 1 is 0.603 bits per heavy atom. The number of aromatic carboxylic acids is 1. The predicted molar refractivity (Wildman–Crippen MR) is 205 cm³/mol. The van der Waals surface area contributed by atoms with Gasteiger partial charge in [0.15, 0.2) is 0 Å². The van der Waals surface area contributed by atoms with E-state index < -0.39 is 64.5 Å².